The maximum absolute atomic E-state index is 13.5. The Morgan fingerprint density at radius 1 is 1.47 bits per heavy atom. The summed E-state index contributed by atoms with van der Waals surface area (Å²) in [5, 5.41) is 2.60. The number of hydrogen-bond donors (Lipinski definition) is 2. The van der Waals surface area contributed by atoms with E-state index >= 15 is 0 Å². The van der Waals surface area contributed by atoms with E-state index in [0.717, 1.165) is 6.07 Å². The van der Waals surface area contributed by atoms with Gasteiger partial charge < -0.3 is 5.73 Å². The fourth-order valence-corrected chi connectivity index (χ4v) is 1.54. The third kappa shape index (κ3) is 2.97. The van der Waals surface area contributed by atoms with Crippen LogP contribution in [0.3, 0.4) is 0 Å². The topological polar surface area (TPSA) is 80.9 Å². The van der Waals surface area contributed by atoms with Crippen LogP contribution in [0.1, 0.15) is 15.9 Å². The molecule has 0 saturated carbocycles. The van der Waals surface area contributed by atoms with E-state index in [0.29, 0.717) is 5.56 Å². The largest absolute Gasteiger partial charge is 0.398 e. The number of nitrogens with zero attached hydrogens (tertiary/aromatic N) is 2. The normalized spacial score (nSPS) is 10.3. The summed E-state index contributed by atoms with van der Waals surface area (Å²) in [6.07, 6.45) is 1.40. The van der Waals surface area contributed by atoms with Crippen LogP contribution < -0.4 is 11.1 Å². The van der Waals surface area contributed by atoms with E-state index < -0.39 is 11.7 Å². The number of halogens is 2. The van der Waals surface area contributed by atoms with Gasteiger partial charge in [0.2, 0.25) is 5.95 Å². The number of nitrogens with one attached hydrogen (secondary N) is 1. The van der Waals surface area contributed by atoms with Gasteiger partial charge in [0, 0.05) is 23.0 Å². The summed E-state index contributed by atoms with van der Waals surface area (Å²) < 4.78 is 13.5. The lowest BCUT2D eigenvalue weighted by atomic mass is 10.1. The van der Waals surface area contributed by atoms with Crippen LogP contribution >= 0.6 is 11.6 Å². The molecule has 7 heteroatoms. The van der Waals surface area contributed by atoms with Crippen molar-refractivity contribution < 1.29 is 9.18 Å². The lowest BCUT2D eigenvalue weighted by molar-refractivity contribution is 0.102. The van der Waals surface area contributed by atoms with Crippen molar-refractivity contribution in [3.63, 3.8) is 0 Å². The highest BCUT2D eigenvalue weighted by atomic mass is 35.5. The molecule has 0 aliphatic heterocycles. The average molecular weight is 281 g/mol. The number of benzene rings is 1. The van der Waals surface area contributed by atoms with E-state index in [-0.39, 0.29) is 22.4 Å². The third-order valence-corrected chi connectivity index (χ3v) is 2.70. The van der Waals surface area contributed by atoms with E-state index in [4.69, 9.17) is 17.3 Å². The molecular formula is C12H10ClFN4O. The van der Waals surface area contributed by atoms with Crippen molar-refractivity contribution >= 4 is 29.1 Å². The fourth-order valence-electron chi connectivity index (χ4n) is 1.40. The molecule has 0 fully saturated rings. The van der Waals surface area contributed by atoms with Crippen LogP contribution in [0.2, 0.25) is 5.15 Å². The van der Waals surface area contributed by atoms with E-state index in [1.165, 1.54) is 25.3 Å². The van der Waals surface area contributed by atoms with Crippen molar-refractivity contribution in [2.45, 2.75) is 6.92 Å². The molecule has 0 saturated heterocycles. The highest BCUT2D eigenvalue weighted by Crippen LogP contribution is 2.18. The van der Waals surface area contributed by atoms with Gasteiger partial charge in [-0.15, -0.1) is 0 Å². The molecule has 0 atom stereocenters. The Labute approximate surface area is 113 Å². The summed E-state index contributed by atoms with van der Waals surface area (Å²) >= 11 is 5.66. The van der Waals surface area contributed by atoms with E-state index in [2.05, 4.69) is 15.3 Å². The van der Waals surface area contributed by atoms with Gasteiger partial charge in [-0.1, -0.05) is 11.6 Å². The third-order valence-electron chi connectivity index (χ3n) is 2.49. The van der Waals surface area contributed by atoms with E-state index in [9.17, 15) is 9.18 Å². The lowest BCUT2D eigenvalue weighted by Crippen LogP contribution is -2.15. The molecule has 0 aliphatic rings. The van der Waals surface area contributed by atoms with Crippen LogP contribution in [0.5, 0.6) is 0 Å². The number of nitrogens with two attached hydrogens (primary N) is 1. The molecule has 19 heavy (non-hydrogen) atoms. The standard InChI is InChI=1S/C12H10ClFN4O/c1-6-8(14)4-7(5-9(6)15)11(19)18-12-16-3-2-10(13)17-12/h2-5H,15H2,1H3,(H,16,17,18,19). The molecule has 2 aromatic rings. The van der Waals surface area contributed by atoms with E-state index in [1.54, 1.807) is 0 Å². The zero-order valence-corrected chi connectivity index (χ0v) is 10.7. The average Bonchev–Trinajstić information content (AvgIpc) is 2.35. The molecule has 2 rings (SSSR count). The predicted octanol–water partition coefficient (Wildman–Crippen LogP) is 2.41. The Balaban J connectivity index is 2.25. The van der Waals surface area contributed by atoms with Gasteiger partial charge in [-0.25, -0.2) is 14.4 Å². The Bertz CT molecular complexity index is 624. The number of hydrogen-bond acceptors (Lipinski definition) is 4. The maximum Gasteiger partial charge on any atom is 0.258 e. The molecule has 0 radical (unpaired) electrons. The lowest BCUT2D eigenvalue weighted by Gasteiger charge is -2.07. The zero-order chi connectivity index (χ0) is 14.0. The first-order valence-electron chi connectivity index (χ1n) is 5.33. The molecule has 5 nitrogen and oxygen atoms in total. The smallest absolute Gasteiger partial charge is 0.258 e. The number of aromatic nitrogens is 2. The van der Waals surface area contributed by atoms with Gasteiger partial charge in [0.1, 0.15) is 11.0 Å². The molecule has 0 bridgehead atoms. The van der Waals surface area contributed by atoms with Crippen molar-refractivity contribution in [2.75, 3.05) is 11.1 Å². The molecule has 0 unspecified atom stereocenters. The number of anilines is 2. The summed E-state index contributed by atoms with van der Waals surface area (Å²) in [7, 11) is 0. The summed E-state index contributed by atoms with van der Waals surface area (Å²) in [6.45, 7) is 1.53. The number of carbonyl (C=O) groups is 1. The van der Waals surface area contributed by atoms with Crippen LogP contribution in [-0.2, 0) is 0 Å². The molecule has 0 spiro atoms. The van der Waals surface area contributed by atoms with Gasteiger partial charge in [-0.2, -0.15) is 0 Å². The first-order chi connectivity index (χ1) is 8.97. The van der Waals surface area contributed by atoms with E-state index in [1.807, 2.05) is 0 Å². The molecule has 1 aromatic carbocycles. The van der Waals surface area contributed by atoms with Crippen molar-refractivity contribution in [2.24, 2.45) is 0 Å². The summed E-state index contributed by atoms with van der Waals surface area (Å²) in [5.41, 5.74) is 6.20. The van der Waals surface area contributed by atoms with Crippen LogP contribution in [0.4, 0.5) is 16.0 Å². The molecule has 3 N–H and O–H groups in total. The van der Waals surface area contributed by atoms with Gasteiger partial charge in [-0.05, 0) is 25.1 Å². The van der Waals surface area contributed by atoms with Crippen LogP contribution in [0.25, 0.3) is 0 Å². The maximum atomic E-state index is 13.5. The van der Waals surface area contributed by atoms with Crippen LogP contribution in [-0.4, -0.2) is 15.9 Å². The van der Waals surface area contributed by atoms with Crippen molar-refractivity contribution in [1.82, 2.24) is 9.97 Å². The first kappa shape index (κ1) is 13.2. The Hall–Kier alpha value is -2.21. The second-order valence-electron chi connectivity index (χ2n) is 3.83. The van der Waals surface area contributed by atoms with Crippen molar-refractivity contribution in [3.8, 4) is 0 Å². The summed E-state index contributed by atoms with van der Waals surface area (Å²) in [4.78, 5) is 19.5. The number of carbonyl (C=O) groups excluding carboxylic acids is 1. The highest BCUT2D eigenvalue weighted by Gasteiger charge is 2.12. The first-order valence-corrected chi connectivity index (χ1v) is 5.70. The Morgan fingerprint density at radius 3 is 2.84 bits per heavy atom. The molecule has 1 amide bonds. The molecule has 1 aromatic heterocycles. The number of amides is 1. The van der Waals surface area contributed by atoms with Gasteiger partial charge in [0.15, 0.2) is 0 Å². The Kier molecular flexibility index (Phi) is 3.62. The van der Waals surface area contributed by atoms with Gasteiger partial charge in [0.05, 0.1) is 0 Å². The zero-order valence-electron chi connectivity index (χ0n) is 9.95. The SMILES string of the molecule is Cc1c(N)cc(C(=O)Nc2nccc(Cl)n2)cc1F. The fraction of sp³-hybridized carbons (Fsp3) is 0.0833. The highest BCUT2D eigenvalue weighted by molar-refractivity contribution is 6.29. The van der Waals surface area contributed by atoms with Crippen LogP contribution in [0.15, 0.2) is 24.4 Å². The molecule has 98 valence electrons. The monoisotopic (exact) mass is 280 g/mol. The molecule has 0 aliphatic carbocycles. The van der Waals surface area contributed by atoms with Gasteiger partial charge >= 0.3 is 0 Å². The summed E-state index contributed by atoms with van der Waals surface area (Å²) in [6, 6.07) is 3.96. The predicted molar refractivity (Wildman–Crippen MR) is 70.5 cm³/mol. The summed E-state index contributed by atoms with van der Waals surface area (Å²) in [5.74, 6) is -1.07. The number of nitrogen functional groups attached to an aromatic ring is 1. The van der Waals surface area contributed by atoms with Gasteiger partial charge in [0.25, 0.3) is 5.91 Å². The second kappa shape index (κ2) is 5.19. The molecular weight excluding hydrogens is 271 g/mol. The van der Waals surface area contributed by atoms with Crippen LogP contribution in [0, 0.1) is 12.7 Å². The minimum Gasteiger partial charge on any atom is -0.398 e. The van der Waals surface area contributed by atoms with Crippen molar-refractivity contribution in [3.05, 3.63) is 46.5 Å². The van der Waals surface area contributed by atoms with Crippen molar-refractivity contribution in [1.29, 1.82) is 0 Å². The molecule has 1 heterocycles. The van der Waals surface area contributed by atoms with Gasteiger partial charge in [-0.3, -0.25) is 10.1 Å². The minimum atomic E-state index is -0.562. The second-order valence-corrected chi connectivity index (χ2v) is 4.22. The number of rotatable bonds is 2. The quantitative estimate of drug-likeness (QED) is 0.654. The minimum absolute atomic E-state index is 0.0389. The Morgan fingerprint density at radius 2 is 2.21 bits per heavy atom.